The van der Waals surface area contributed by atoms with Crippen LogP contribution in [0.1, 0.15) is 24.0 Å². The molecule has 0 amide bonds. The number of rotatable bonds is 3. The molecule has 1 aliphatic heterocycles. The third-order valence-corrected chi connectivity index (χ3v) is 5.93. The van der Waals surface area contributed by atoms with Gasteiger partial charge in [0, 0.05) is 13.1 Å². The molecular formula is C20H22N2S. The quantitative estimate of drug-likeness (QED) is 0.670. The fraction of sp³-hybridized carbons (Fsp3) is 0.350. The summed E-state index contributed by atoms with van der Waals surface area (Å²) in [7, 11) is 0. The van der Waals surface area contributed by atoms with Crippen LogP contribution in [0, 0.1) is 12.8 Å². The van der Waals surface area contributed by atoms with E-state index in [4.69, 9.17) is 0 Å². The molecule has 0 aliphatic carbocycles. The number of piperidine rings is 1. The van der Waals surface area contributed by atoms with Crippen molar-refractivity contribution in [2.45, 2.75) is 26.2 Å². The average molecular weight is 322 g/mol. The minimum atomic E-state index is 0.813. The molecule has 4 rings (SSSR count). The molecule has 2 heterocycles. The van der Waals surface area contributed by atoms with Gasteiger partial charge in [-0.05, 0) is 55.4 Å². The monoisotopic (exact) mass is 322 g/mol. The largest absolute Gasteiger partial charge is 0.370 e. The molecule has 1 saturated heterocycles. The van der Waals surface area contributed by atoms with Gasteiger partial charge in [-0.15, -0.1) is 11.3 Å². The highest BCUT2D eigenvalue weighted by molar-refractivity contribution is 7.17. The van der Waals surface area contributed by atoms with Crippen molar-refractivity contribution in [3.05, 3.63) is 59.1 Å². The fourth-order valence-electron chi connectivity index (χ4n) is 3.65. The Kier molecular flexibility index (Phi) is 4.04. The number of aromatic nitrogens is 1. The summed E-state index contributed by atoms with van der Waals surface area (Å²) in [6.07, 6.45) is 3.79. The fourth-order valence-corrected chi connectivity index (χ4v) is 4.48. The van der Waals surface area contributed by atoms with Gasteiger partial charge in [0.2, 0.25) is 0 Å². The van der Waals surface area contributed by atoms with Gasteiger partial charge in [-0.25, -0.2) is 4.98 Å². The number of anilines is 1. The highest BCUT2D eigenvalue weighted by atomic mass is 32.1. The number of nitrogens with zero attached hydrogens (tertiary/aromatic N) is 2. The lowest BCUT2D eigenvalue weighted by molar-refractivity contribution is 0.403. The highest BCUT2D eigenvalue weighted by Crippen LogP contribution is 2.33. The first kappa shape index (κ1) is 14.7. The average Bonchev–Trinajstić information content (AvgIpc) is 3.06. The van der Waals surface area contributed by atoms with Crippen molar-refractivity contribution in [1.82, 2.24) is 4.98 Å². The second kappa shape index (κ2) is 6.32. The van der Waals surface area contributed by atoms with Gasteiger partial charge in [-0.3, -0.25) is 0 Å². The normalized spacial score (nSPS) is 16.1. The predicted octanol–water partition coefficient (Wildman–Crippen LogP) is 5.06. The van der Waals surface area contributed by atoms with Crippen LogP contribution in [0.15, 0.2) is 48.0 Å². The summed E-state index contributed by atoms with van der Waals surface area (Å²) in [5.41, 5.74) is 7.42. The van der Waals surface area contributed by atoms with Crippen LogP contribution in [-0.4, -0.2) is 18.1 Å². The molecule has 0 unspecified atom stereocenters. The van der Waals surface area contributed by atoms with E-state index in [1.165, 1.54) is 40.8 Å². The van der Waals surface area contributed by atoms with E-state index in [1.54, 1.807) is 11.3 Å². The van der Waals surface area contributed by atoms with Gasteiger partial charge in [0.1, 0.15) is 0 Å². The molecule has 118 valence electrons. The minimum absolute atomic E-state index is 0.813. The molecule has 1 fully saturated rings. The lowest BCUT2D eigenvalue weighted by Crippen LogP contribution is -2.34. The summed E-state index contributed by atoms with van der Waals surface area (Å²) < 4.78 is 1.34. The van der Waals surface area contributed by atoms with E-state index in [1.807, 2.05) is 5.51 Å². The standard InChI is InChI=1S/C20H22N2S/c1-15-5-2-3-6-17(15)13-16-9-11-22(12-10-16)19-8-4-7-18-20(19)23-14-21-18/h2-8,14,16H,9-13H2,1H3. The molecule has 0 bridgehead atoms. The van der Waals surface area contributed by atoms with Crippen LogP contribution in [0.3, 0.4) is 0 Å². The Morgan fingerprint density at radius 1 is 1.09 bits per heavy atom. The predicted molar refractivity (Wildman–Crippen MR) is 99.4 cm³/mol. The smallest absolute Gasteiger partial charge is 0.0833 e. The maximum Gasteiger partial charge on any atom is 0.0833 e. The van der Waals surface area contributed by atoms with Gasteiger partial charge in [-0.2, -0.15) is 0 Å². The van der Waals surface area contributed by atoms with E-state index >= 15 is 0 Å². The van der Waals surface area contributed by atoms with Crippen LogP contribution in [0.5, 0.6) is 0 Å². The van der Waals surface area contributed by atoms with E-state index < -0.39 is 0 Å². The number of fused-ring (bicyclic) bond motifs is 1. The van der Waals surface area contributed by atoms with Crippen molar-refractivity contribution in [3.63, 3.8) is 0 Å². The molecule has 2 nitrogen and oxygen atoms in total. The van der Waals surface area contributed by atoms with Gasteiger partial charge in [0.05, 0.1) is 21.4 Å². The Bertz CT molecular complexity index is 800. The molecule has 2 aromatic carbocycles. The molecule has 0 radical (unpaired) electrons. The van der Waals surface area contributed by atoms with Crippen molar-refractivity contribution < 1.29 is 0 Å². The van der Waals surface area contributed by atoms with Crippen molar-refractivity contribution >= 4 is 27.2 Å². The van der Waals surface area contributed by atoms with E-state index in [9.17, 15) is 0 Å². The Labute approximate surface area is 141 Å². The summed E-state index contributed by atoms with van der Waals surface area (Å²) in [6.45, 7) is 4.55. The van der Waals surface area contributed by atoms with Crippen molar-refractivity contribution in [2.75, 3.05) is 18.0 Å². The van der Waals surface area contributed by atoms with Gasteiger partial charge in [-0.1, -0.05) is 30.3 Å². The molecule has 1 aromatic heterocycles. The van der Waals surface area contributed by atoms with Crippen LogP contribution >= 0.6 is 11.3 Å². The second-order valence-electron chi connectivity index (χ2n) is 6.54. The maximum atomic E-state index is 4.45. The van der Waals surface area contributed by atoms with Crippen molar-refractivity contribution in [3.8, 4) is 0 Å². The van der Waals surface area contributed by atoms with Gasteiger partial charge in [0.25, 0.3) is 0 Å². The Morgan fingerprint density at radius 3 is 2.74 bits per heavy atom. The third kappa shape index (κ3) is 2.98. The first-order valence-corrected chi connectivity index (χ1v) is 9.31. The summed E-state index contributed by atoms with van der Waals surface area (Å²) >= 11 is 1.76. The minimum Gasteiger partial charge on any atom is -0.370 e. The summed E-state index contributed by atoms with van der Waals surface area (Å²) in [5.74, 6) is 0.813. The Balaban J connectivity index is 1.45. The lowest BCUT2D eigenvalue weighted by atomic mass is 9.88. The number of hydrogen-bond donors (Lipinski definition) is 0. The van der Waals surface area contributed by atoms with Crippen LogP contribution < -0.4 is 4.90 Å². The molecule has 3 aromatic rings. The van der Waals surface area contributed by atoms with Crippen LogP contribution in [-0.2, 0) is 6.42 Å². The van der Waals surface area contributed by atoms with E-state index in [0.717, 1.165) is 24.5 Å². The van der Waals surface area contributed by atoms with E-state index in [0.29, 0.717) is 0 Å². The lowest BCUT2D eigenvalue weighted by Gasteiger charge is -2.34. The number of hydrogen-bond acceptors (Lipinski definition) is 3. The van der Waals surface area contributed by atoms with Crippen LogP contribution in [0.4, 0.5) is 5.69 Å². The number of aryl methyl sites for hydroxylation is 1. The number of thiazole rings is 1. The molecule has 0 N–H and O–H groups in total. The molecule has 0 atom stereocenters. The Morgan fingerprint density at radius 2 is 1.91 bits per heavy atom. The maximum absolute atomic E-state index is 4.45. The van der Waals surface area contributed by atoms with Crippen molar-refractivity contribution in [2.24, 2.45) is 5.92 Å². The third-order valence-electron chi connectivity index (χ3n) is 5.06. The molecule has 3 heteroatoms. The topological polar surface area (TPSA) is 16.1 Å². The first-order valence-electron chi connectivity index (χ1n) is 8.43. The highest BCUT2D eigenvalue weighted by Gasteiger charge is 2.21. The van der Waals surface area contributed by atoms with E-state index in [2.05, 4.69) is 59.3 Å². The van der Waals surface area contributed by atoms with E-state index in [-0.39, 0.29) is 0 Å². The molecule has 0 saturated carbocycles. The summed E-state index contributed by atoms with van der Waals surface area (Å²) in [5, 5.41) is 0. The summed E-state index contributed by atoms with van der Waals surface area (Å²) in [6, 6.07) is 15.3. The van der Waals surface area contributed by atoms with Crippen molar-refractivity contribution in [1.29, 1.82) is 0 Å². The summed E-state index contributed by atoms with van der Waals surface area (Å²) in [4.78, 5) is 7.00. The Hall–Kier alpha value is -1.87. The SMILES string of the molecule is Cc1ccccc1CC1CCN(c2cccc3ncsc23)CC1. The van der Waals surface area contributed by atoms with Crippen LogP contribution in [0.25, 0.3) is 10.2 Å². The van der Waals surface area contributed by atoms with Crippen LogP contribution in [0.2, 0.25) is 0 Å². The number of benzene rings is 2. The van der Waals surface area contributed by atoms with Gasteiger partial charge >= 0.3 is 0 Å². The zero-order valence-corrected chi connectivity index (χ0v) is 14.4. The van der Waals surface area contributed by atoms with Gasteiger partial charge < -0.3 is 4.90 Å². The second-order valence-corrected chi connectivity index (χ2v) is 7.39. The zero-order chi connectivity index (χ0) is 15.6. The molecule has 0 spiro atoms. The molecule has 23 heavy (non-hydrogen) atoms. The molecule has 1 aliphatic rings. The van der Waals surface area contributed by atoms with Gasteiger partial charge in [0.15, 0.2) is 0 Å². The first-order chi connectivity index (χ1) is 11.3. The zero-order valence-electron chi connectivity index (χ0n) is 13.5. The molecular weight excluding hydrogens is 300 g/mol.